The van der Waals surface area contributed by atoms with Gasteiger partial charge in [-0.2, -0.15) is 0 Å². The van der Waals surface area contributed by atoms with Crippen molar-refractivity contribution < 1.29 is 0 Å². The number of nitrogens with two attached hydrogens (primary N) is 1. The molecular formula is C12H19N5. The van der Waals surface area contributed by atoms with Gasteiger partial charge in [-0.25, -0.2) is 9.97 Å². The van der Waals surface area contributed by atoms with Crippen LogP contribution in [0.2, 0.25) is 0 Å². The maximum atomic E-state index is 7.54. The Labute approximate surface area is 102 Å². The van der Waals surface area contributed by atoms with Crippen LogP contribution in [0.25, 0.3) is 0 Å². The Morgan fingerprint density at radius 1 is 1.41 bits per heavy atom. The highest BCUT2D eigenvalue weighted by molar-refractivity contribution is 5.97. The molecule has 3 N–H and O–H groups in total. The van der Waals surface area contributed by atoms with Crippen molar-refractivity contribution in [3.8, 4) is 0 Å². The first-order valence-corrected chi connectivity index (χ1v) is 5.90. The number of nitrogen functional groups attached to an aromatic ring is 1. The number of hydrogen-bond acceptors (Lipinski definition) is 4. The van der Waals surface area contributed by atoms with Gasteiger partial charge in [-0.05, 0) is 18.3 Å². The molecule has 0 spiro atoms. The monoisotopic (exact) mass is 233 g/mol. The zero-order valence-corrected chi connectivity index (χ0v) is 10.4. The highest BCUT2D eigenvalue weighted by atomic mass is 15.2. The highest BCUT2D eigenvalue weighted by Crippen LogP contribution is 2.31. The highest BCUT2D eigenvalue weighted by Gasteiger charge is 2.28. The number of rotatable bonds is 2. The third kappa shape index (κ3) is 2.54. The molecule has 0 aliphatic carbocycles. The molecule has 1 aliphatic heterocycles. The second-order valence-corrected chi connectivity index (χ2v) is 5.33. The molecule has 1 aliphatic rings. The van der Waals surface area contributed by atoms with Gasteiger partial charge in [0, 0.05) is 25.5 Å². The van der Waals surface area contributed by atoms with Crippen LogP contribution in [0.5, 0.6) is 0 Å². The van der Waals surface area contributed by atoms with E-state index < -0.39 is 0 Å². The molecule has 0 atom stereocenters. The number of amidine groups is 1. The largest absolute Gasteiger partial charge is 0.382 e. The Balaban J connectivity index is 2.30. The summed E-state index contributed by atoms with van der Waals surface area (Å²) < 4.78 is 0. The van der Waals surface area contributed by atoms with Crippen molar-refractivity contribution in [2.75, 3.05) is 18.0 Å². The van der Waals surface area contributed by atoms with Crippen molar-refractivity contribution in [1.29, 1.82) is 5.41 Å². The minimum Gasteiger partial charge on any atom is -0.382 e. The number of piperidine rings is 1. The number of anilines is 1. The van der Waals surface area contributed by atoms with Crippen molar-refractivity contribution in [1.82, 2.24) is 9.97 Å². The Morgan fingerprint density at radius 3 is 2.76 bits per heavy atom. The van der Waals surface area contributed by atoms with Crippen LogP contribution >= 0.6 is 0 Å². The Morgan fingerprint density at radius 2 is 2.12 bits per heavy atom. The molecule has 1 aromatic rings. The van der Waals surface area contributed by atoms with E-state index in [9.17, 15) is 0 Å². The summed E-state index contributed by atoms with van der Waals surface area (Å²) >= 11 is 0. The maximum Gasteiger partial charge on any atom is 0.158 e. The molecule has 0 amide bonds. The second-order valence-electron chi connectivity index (χ2n) is 5.33. The molecule has 0 aromatic carbocycles. The molecule has 0 unspecified atom stereocenters. The van der Waals surface area contributed by atoms with Gasteiger partial charge in [-0.1, -0.05) is 13.8 Å². The average Bonchev–Trinajstić information content (AvgIpc) is 2.27. The number of nitrogens with one attached hydrogen (secondary N) is 1. The summed E-state index contributed by atoms with van der Waals surface area (Å²) in [6.07, 6.45) is 5.60. The predicted molar refractivity (Wildman–Crippen MR) is 68.3 cm³/mol. The van der Waals surface area contributed by atoms with E-state index in [2.05, 4.69) is 28.7 Å². The van der Waals surface area contributed by atoms with Gasteiger partial charge < -0.3 is 10.6 Å². The van der Waals surface area contributed by atoms with Crippen LogP contribution < -0.4 is 10.6 Å². The number of nitrogens with zero attached hydrogens (tertiary/aromatic N) is 3. The first-order valence-electron chi connectivity index (χ1n) is 5.90. The van der Waals surface area contributed by atoms with Crippen LogP contribution in [0.1, 0.15) is 32.4 Å². The summed E-state index contributed by atoms with van der Waals surface area (Å²) in [7, 11) is 0. The van der Waals surface area contributed by atoms with E-state index in [0.717, 1.165) is 25.3 Å². The van der Waals surface area contributed by atoms with Crippen LogP contribution in [-0.2, 0) is 0 Å². The van der Waals surface area contributed by atoms with Gasteiger partial charge in [0.2, 0.25) is 0 Å². The van der Waals surface area contributed by atoms with E-state index in [-0.39, 0.29) is 11.3 Å². The molecule has 5 heteroatoms. The first-order chi connectivity index (χ1) is 7.99. The summed E-state index contributed by atoms with van der Waals surface area (Å²) in [5.74, 6) is 0.726. The van der Waals surface area contributed by atoms with Gasteiger partial charge >= 0.3 is 0 Å². The fourth-order valence-corrected chi connectivity index (χ4v) is 2.36. The standard InChI is InChI=1S/C12H19N5/c1-12(2)4-3-7-17(8-12)11-9(10(13)14)15-5-6-16-11/h5-6H,3-4,7-8H2,1-2H3,(H3,13,14). The van der Waals surface area contributed by atoms with Crippen molar-refractivity contribution >= 4 is 11.7 Å². The first kappa shape index (κ1) is 11.8. The van der Waals surface area contributed by atoms with Gasteiger partial charge in [0.15, 0.2) is 5.82 Å². The number of hydrogen-bond donors (Lipinski definition) is 2. The molecule has 0 saturated carbocycles. The summed E-state index contributed by atoms with van der Waals surface area (Å²) in [6.45, 7) is 6.40. The zero-order chi connectivity index (χ0) is 12.5. The van der Waals surface area contributed by atoms with Crippen molar-refractivity contribution in [2.24, 2.45) is 11.1 Å². The lowest BCUT2D eigenvalue weighted by atomic mass is 9.84. The number of aromatic nitrogens is 2. The molecule has 2 rings (SSSR count). The lowest BCUT2D eigenvalue weighted by Crippen LogP contribution is -2.41. The van der Waals surface area contributed by atoms with Crippen LogP contribution in [-0.4, -0.2) is 28.9 Å². The maximum absolute atomic E-state index is 7.54. The molecule has 2 heterocycles. The summed E-state index contributed by atoms with van der Waals surface area (Å²) in [5.41, 5.74) is 6.32. The Hall–Kier alpha value is -1.65. The van der Waals surface area contributed by atoms with Gasteiger partial charge in [0.05, 0.1) is 0 Å². The van der Waals surface area contributed by atoms with E-state index in [0.29, 0.717) is 5.69 Å². The van der Waals surface area contributed by atoms with Crippen molar-refractivity contribution in [2.45, 2.75) is 26.7 Å². The quantitative estimate of drug-likeness (QED) is 0.597. The third-order valence-electron chi connectivity index (χ3n) is 3.13. The predicted octanol–water partition coefficient (Wildman–Crippen LogP) is 1.39. The molecular weight excluding hydrogens is 214 g/mol. The zero-order valence-electron chi connectivity index (χ0n) is 10.4. The second kappa shape index (κ2) is 4.31. The van der Waals surface area contributed by atoms with Crippen LogP contribution in [0.3, 0.4) is 0 Å². The fourth-order valence-electron chi connectivity index (χ4n) is 2.36. The van der Waals surface area contributed by atoms with E-state index in [1.54, 1.807) is 12.4 Å². The van der Waals surface area contributed by atoms with E-state index in [1.807, 2.05) is 0 Å². The third-order valence-corrected chi connectivity index (χ3v) is 3.13. The van der Waals surface area contributed by atoms with Crippen molar-refractivity contribution in [3.63, 3.8) is 0 Å². The Bertz CT molecular complexity index is 427. The van der Waals surface area contributed by atoms with E-state index >= 15 is 0 Å². The minimum absolute atomic E-state index is 0.0171. The lowest BCUT2D eigenvalue weighted by Gasteiger charge is -2.39. The van der Waals surface area contributed by atoms with Gasteiger partial charge in [-0.15, -0.1) is 0 Å². The minimum atomic E-state index is -0.0171. The Kier molecular flexibility index (Phi) is 3.00. The molecule has 1 fully saturated rings. The van der Waals surface area contributed by atoms with Gasteiger partial charge in [-0.3, -0.25) is 5.41 Å². The van der Waals surface area contributed by atoms with Crippen LogP contribution in [0.4, 0.5) is 5.82 Å². The normalized spacial score (nSPS) is 19.1. The summed E-state index contributed by atoms with van der Waals surface area (Å²) in [5, 5.41) is 7.54. The van der Waals surface area contributed by atoms with E-state index in [1.165, 1.54) is 6.42 Å². The molecule has 1 saturated heterocycles. The van der Waals surface area contributed by atoms with Crippen LogP contribution in [0, 0.1) is 10.8 Å². The lowest BCUT2D eigenvalue weighted by molar-refractivity contribution is 0.292. The smallest absolute Gasteiger partial charge is 0.158 e. The van der Waals surface area contributed by atoms with Crippen molar-refractivity contribution in [3.05, 3.63) is 18.1 Å². The molecule has 0 radical (unpaired) electrons. The fraction of sp³-hybridized carbons (Fsp3) is 0.583. The molecule has 0 bridgehead atoms. The summed E-state index contributed by atoms with van der Waals surface area (Å²) in [6, 6.07) is 0. The summed E-state index contributed by atoms with van der Waals surface area (Å²) in [4.78, 5) is 10.7. The van der Waals surface area contributed by atoms with E-state index in [4.69, 9.17) is 11.1 Å². The molecule has 92 valence electrons. The molecule has 17 heavy (non-hydrogen) atoms. The SMILES string of the molecule is CC1(C)CCCN(c2nccnc2C(=N)N)C1. The van der Waals surface area contributed by atoms with Gasteiger partial charge in [0.25, 0.3) is 0 Å². The average molecular weight is 233 g/mol. The molecule has 5 nitrogen and oxygen atoms in total. The van der Waals surface area contributed by atoms with Crippen LogP contribution in [0.15, 0.2) is 12.4 Å². The van der Waals surface area contributed by atoms with Gasteiger partial charge in [0.1, 0.15) is 11.5 Å². The topological polar surface area (TPSA) is 78.9 Å². The molecule has 1 aromatic heterocycles.